The van der Waals surface area contributed by atoms with Gasteiger partial charge in [0.05, 0.1) is 0 Å². The molecule has 5 heteroatoms. The van der Waals surface area contributed by atoms with E-state index in [4.69, 9.17) is 10.8 Å². The topological polar surface area (TPSA) is 83.6 Å². The van der Waals surface area contributed by atoms with Crippen molar-refractivity contribution in [3.05, 3.63) is 24.4 Å². The number of amides is 1. The second-order valence-electron chi connectivity index (χ2n) is 3.27. The minimum absolute atomic E-state index is 0.319. The van der Waals surface area contributed by atoms with Crippen LogP contribution in [0.1, 0.15) is 19.8 Å². The fraction of sp³-hybridized carbons (Fsp3) is 0.455. The predicted molar refractivity (Wildman–Crippen MR) is 63.7 cm³/mol. The third kappa shape index (κ3) is 12.2. The molecule has 0 aromatic heterocycles. The van der Waals surface area contributed by atoms with Gasteiger partial charge in [-0.25, -0.2) is 4.79 Å². The average molecular weight is 228 g/mol. The molecule has 0 saturated carbocycles. The number of carbonyl (C=O) groups excluding carboxylic acids is 1. The SMILES string of the molecule is C=CC(=O)O.CCCC(=CN(C)C)C(N)=O. The van der Waals surface area contributed by atoms with Crippen LogP contribution in [0.4, 0.5) is 0 Å². The Balaban J connectivity index is 0. The molecule has 0 aromatic rings. The van der Waals surface area contributed by atoms with E-state index in [2.05, 4.69) is 6.58 Å². The van der Waals surface area contributed by atoms with Gasteiger partial charge in [0.1, 0.15) is 0 Å². The van der Waals surface area contributed by atoms with Crippen LogP contribution in [-0.2, 0) is 9.59 Å². The van der Waals surface area contributed by atoms with Crippen LogP contribution in [0.15, 0.2) is 24.4 Å². The van der Waals surface area contributed by atoms with Crippen LogP contribution < -0.4 is 5.73 Å². The van der Waals surface area contributed by atoms with Gasteiger partial charge in [0.25, 0.3) is 0 Å². The summed E-state index contributed by atoms with van der Waals surface area (Å²) in [7, 11) is 3.75. The minimum atomic E-state index is -0.981. The number of nitrogens with two attached hydrogens (primary N) is 1. The Hall–Kier alpha value is -1.78. The van der Waals surface area contributed by atoms with Crippen LogP contribution in [-0.4, -0.2) is 36.0 Å². The summed E-state index contributed by atoms with van der Waals surface area (Å²) in [6, 6.07) is 0. The summed E-state index contributed by atoms with van der Waals surface area (Å²) in [5.74, 6) is -1.30. The highest BCUT2D eigenvalue weighted by molar-refractivity contribution is 5.91. The summed E-state index contributed by atoms with van der Waals surface area (Å²) in [6.07, 6.45) is 4.31. The molecule has 0 aliphatic heterocycles. The van der Waals surface area contributed by atoms with E-state index in [0.29, 0.717) is 5.57 Å². The van der Waals surface area contributed by atoms with Crippen LogP contribution in [0.25, 0.3) is 0 Å². The molecule has 0 rings (SSSR count). The number of hydrogen-bond acceptors (Lipinski definition) is 3. The molecule has 0 unspecified atom stereocenters. The Kier molecular flexibility index (Phi) is 10.2. The van der Waals surface area contributed by atoms with E-state index >= 15 is 0 Å². The number of carboxylic acids is 1. The smallest absolute Gasteiger partial charge is 0.327 e. The van der Waals surface area contributed by atoms with Gasteiger partial charge in [-0.3, -0.25) is 4.79 Å². The maximum atomic E-state index is 10.8. The van der Waals surface area contributed by atoms with Gasteiger partial charge in [0, 0.05) is 31.9 Å². The van der Waals surface area contributed by atoms with Gasteiger partial charge >= 0.3 is 5.97 Å². The van der Waals surface area contributed by atoms with Crippen molar-refractivity contribution in [2.45, 2.75) is 19.8 Å². The molecule has 1 amide bonds. The molecule has 0 aromatic carbocycles. The molecule has 0 radical (unpaired) electrons. The van der Waals surface area contributed by atoms with E-state index in [1.165, 1.54) is 0 Å². The summed E-state index contributed by atoms with van der Waals surface area (Å²) in [5, 5.41) is 7.60. The summed E-state index contributed by atoms with van der Waals surface area (Å²) in [6.45, 7) is 4.98. The summed E-state index contributed by atoms with van der Waals surface area (Å²) >= 11 is 0. The number of rotatable bonds is 5. The van der Waals surface area contributed by atoms with Gasteiger partial charge < -0.3 is 15.7 Å². The van der Waals surface area contributed by atoms with E-state index < -0.39 is 5.97 Å². The monoisotopic (exact) mass is 228 g/mol. The van der Waals surface area contributed by atoms with E-state index in [9.17, 15) is 9.59 Å². The molecule has 0 aliphatic rings. The predicted octanol–water partition coefficient (Wildman–Crippen LogP) is 0.974. The summed E-state index contributed by atoms with van der Waals surface area (Å²) in [4.78, 5) is 21.8. The highest BCUT2D eigenvalue weighted by Crippen LogP contribution is 2.03. The van der Waals surface area contributed by atoms with Gasteiger partial charge in [-0.2, -0.15) is 0 Å². The zero-order valence-electron chi connectivity index (χ0n) is 10.1. The van der Waals surface area contributed by atoms with Crippen molar-refractivity contribution < 1.29 is 14.7 Å². The van der Waals surface area contributed by atoms with Crippen LogP contribution in [0, 0.1) is 0 Å². The third-order valence-electron chi connectivity index (χ3n) is 1.42. The largest absolute Gasteiger partial charge is 0.478 e. The van der Waals surface area contributed by atoms with Crippen molar-refractivity contribution in [3.63, 3.8) is 0 Å². The Bertz CT molecular complexity index is 270. The Labute approximate surface area is 96.2 Å². The van der Waals surface area contributed by atoms with Gasteiger partial charge in [-0.15, -0.1) is 0 Å². The second-order valence-corrected chi connectivity index (χ2v) is 3.27. The van der Waals surface area contributed by atoms with Crippen molar-refractivity contribution in [1.29, 1.82) is 0 Å². The Morgan fingerprint density at radius 1 is 1.44 bits per heavy atom. The van der Waals surface area contributed by atoms with Crippen LogP contribution in [0.3, 0.4) is 0 Å². The van der Waals surface area contributed by atoms with Gasteiger partial charge in [-0.1, -0.05) is 19.9 Å². The molecule has 0 aliphatic carbocycles. The number of nitrogens with zero attached hydrogens (tertiary/aromatic N) is 1. The quantitative estimate of drug-likeness (QED) is 0.687. The van der Waals surface area contributed by atoms with Crippen molar-refractivity contribution in [2.75, 3.05) is 14.1 Å². The number of aliphatic carboxylic acids is 1. The molecule has 3 N–H and O–H groups in total. The van der Waals surface area contributed by atoms with Crippen molar-refractivity contribution in [3.8, 4) is 0 Å². The first-order chi connectivity index (χ1) is 7.34. The summed E-state index contributed by atoms with van der Waals surface area (Å²) in [5.41, 5.74) is 5.83. The number of hydrogen-bond donors (Lipinski definition) is 2. The van der Waals surface area contributed by atoms with Crippen molar-refractivity contribution in [2.24, 2.45) is 5.73 Å². The average Bonchev–Trinajstić information content (AvgIpc) is 2.17. The lowest BCUT2D eigenvalue weighted by atomic mass is 10.1. The zero-order valence-corrected chi connectivity index (χ0v) is 10.1. The minimum Gasteiger partial charge on any atom is -0.478 e. The molecule has 5 nitrogen and oxygen atoms in total. The third-order valence-corrected chi connectivity index (χ3v) is 1.42. The van der Waals surface area contributed by atoms with Crippen LogP contribution >= 0.6 is 0 Å². The first kappa shape index (κ1) is 16.6. The molecule has 0 heterocycles. The molecule has 0 atom stereocenters. The number of carbonyl (C=O) groups is 2. The lowest BCUT2D eigenvalue weighted by molar-refractivity contribution is -0.131. The first-order valence-corrected chi connectivity index (χ1v) is 4.87. The molecular weight excluding hydrogens is 208 g/mol. The maximum Gasteiger partial charge on any atom is 0.327 e. The van der Waals surface area contributed by atoms with Crippen molar-refractivity contribution in [1.82, 2.24) is 4.90 Å². The molecule has 0 spiro atoms. The zero-order chi connectivity index (χ0) is 13.1. The highest BCUT2D eigenvalue weighted by atomic mass is 16.4. The van der Waals surface area contributed by atoms with Crippen LogP contribution in [0.2, 0.25) is 0 Å². The highest BCUT2D eigenvalue weighted by Gasteiger charge is 2.02. The normalized spacial score (nSPS) is 9.81. The van der Waals surface area contributed by atoms with E-state index in [-0.39, 0.29) is 5.91 Å². The summed E-state index contributed by atoms with van der Waals surface area (Å²) < 4.78 is 0. The van der Waals surface area contributed by atoms with Gasteiger partial charge in [0.2, 0.25) is 5.91 Å². The van der Waals surface area contributed by atoms with Crippen molar-refractivity contribution >= 4 is 11.9 Å². The molecule has 0 fully saturated rings. The van der Waals surface area contributed by atoms with Crippen LogP contribution in [0.5, 0.6) is 0 Å². The Morgan fingerprint density at radius 3 is 2.06 bits per heavy atom. The first-order valence-electron chi connectivity index (χ1n) is 4.87. The fourth-order valence-electron chi connectivity index (χ4n) is 0.832. The molecule has 0 saturated heterocycles. The van der Waals surface area contributed by atoms with Gasteiger partial charge in [0.15, 0.2) is 0 Å². The lowest BCUT2D eigenvalue weighted by Crippen LogP contribution is -2.16. The molecule has 16 heavy (non-hydrogen) atoms. The van der Waals surface area contributed by atoms with Gasteiger partial charge in [-0.05, 0) is 6.42 Å². The van der Waals surface area contributed by atoms with E-state index in [1.807, 2.05) is 25.9 Å². The maximum absolute atomic E-state index is 10.8. The second kappa shape index (κ2) is 9.76. The molecule has 92 valence electrons. The van der Waals surface area contributed by atoms with E-state index in [0.717, 1.165) is 18.9 Å². The number of carboxylic acid groups (broad SMARTS) is 1. The van der Waals surface area contributed by atoms with E-state index in [1.54, 1.807) is 6.20 Å². The standard InChI is InChI=1S/C8H16N2O.C3H4O2/c1-4-5-7(8(9)11)6-10(2)3;1-2-3(4)5/h6H,4-5H2,1-3H3,(H2,9,11);2H,1H2,(H,4,5). The Morgan fingerprint density at radius 2 is 1.88 bits per heavy atom. The molecule has 0 bridgehead atoms. The fourth-order valence-corrected chi connectivity index (χ4v) is 0.832. The number of primary amides is 1. The lowest BCUT2D eigenvalue weighted by Gasteiger charge is -2.07. The molecular formula is C11H20N2O3.